The Morgan fingerprint density at radius 1 is 1.29 bits per heavy atom. The molecule has 1 atom stereocenters. The molecule has 1 aliphatic rings. The van der Waals surface area contributed by atoms with E-state index >= 15 is 0 Å². The molecule has 1 saturated heterocycles. The van der Waals surface area contributed by atoms with Gasteiger partial charge < -0.3 is 15.1 Å². The molecule has 1 N–H and O–H groups in total. The van der Waals surface area contributed by atoms with E-state index in [2.05, 4.69) is 5.32 Å². The van der Waals surface area contributed by atoms with Gasteiger partial charge in [-0.1, -0.05) is 34.8 Å². The van der Waals surface area contributed by atoms with Gasteiger partial charge in [-0.15, -0.1) is 0 Å². The molecule has 1 aromatic carbocycles. The number of nitrogens with one attached hydrogen (secondary N) is 1. The number of nitrogens with zero attached hydrogens (tertiary/aromatic N) is 2. The van der Waals surface area contributed by atoms with Gasteiger partial charge >= 0.3 is 6.03 Å². The van der Waals surface area contributed by atoms with E-state index in [1.54, 1.807) is 26.2 Å². The molecule has 0 radical (unpaired) electrons. The highest BCUT2D eigenvalue weighted by Crippen LogP contribution is 2.28. The van der Waals surface area contributed by atoms with Gasteiger partial charge in [-0.3, -0.25) is 4.79 Å². The Balaban J connectivity index is 2.04. The minimum atomic E-state index is -0.521. The fraction of sp³-hybridized carbons (Fsp3) is 0.385. The summed E-state index contributed by atoms with van der Waals surface area (Å²) in [5.74, 6) is -0.253. The Labute approximate surface area is 137 Å². The van der Waals surface area contributed by atoms with E-state index in [0.29, 0.717) is 27.2 Å². The molecular formula is C13H14Cl3N3O2. The molecular weight excluding hydrogens is 337 g/mol. The van der Waals surface area contributed by atoms with Crippen molar-refractivity contribution in [3.05, 3.63) is 32.8 Å². The third-order valence-electron chi connectivity index (χ3n) is 3.39. The zero-order chi connectivity index (χ0) is 15.7. The summed E-state index contributed by atoms with van der Waals surface area (Å²) in [7, 11) is 3.25. The highest BCUT2D eigenvalue weighted by Gasteiger charge is 2.36. The first kappa shape index (κ1) is 16.2. The van der Waals surface area contributed by atoms with Gasteiger partial charge in [-0.2, -0.15) is 0 Å². The lowest BCUT2D eigenvalue weighted by atomic mass is 10.2. The fourth-order valence-corrected chi connectivity index (χ4v) is 3.11. The van der Waals surface area contributed by atoms with Gasteiger partial charge in [-0.25, -0.2) is 4.79 Å². The molecule has 0 bridgehead atoms. The van der Waals surface area contributed by atoms with Crippen molar-refractivity contribution in [1.82, 2.24) is 15.1 Å². The second kappa shape index (κ2) is 6.30. The summed E-state index contributed by atoms with van der Waals surface area (Å²) in [6.07, 6.45) is 0. The lowest BCUT2D eigenvalue weighted by molar-refractivity contribution is -0.124. The van der Waals surface area contributed by atoms with Crippen LogP contribution in [0, 0.1) is 0 Å². The molecule has 1 aliphatic heterocycles. The summed E-state index contributed by atoms with van der Waals surface area (Å²) < 4.78 is 0. The number of rotatable bonds is 3. The van der Waals surface area contributed by atoms with Crippen LogP contribution >= 0.6 is 34.8 Å². The minimum Gasteiger partial charge on any atom is -0.350 e. The first-order valence-electron chi connectivity index (χ1n) is 6.20. The van der Waals surface area contributed by atoms with Gasteiger partial charge in [0.05, 0.1) is 6.54 Å². The standard InChI is InChI=1S/C13H14Cl3N3O2/c1-18-6-11(19(2)13(18)21)12(20)17-5-8-9(15)3-7(14)4-10(8)16/h3-4,11H,5-6H2,1-2H3,(H,17,20)/t11-/m0/s1. The van der Waals surface area contributed by atoms with Crippen LogP contribution < -0.4 is 5.32 Å². The SMILES string of the molecule is CN1C[C@@H](C(=O)NCc2c(Cl)cc(Cl)cc2Cl)N(C)C1=O. The number of amides is 3. The Morgan fingerprint density at radius 2 is 1.86 bits per heavy atom. The maximum Gasteiger partial charge on any atom is 0.320 e. The summed E-state index contributed by atoms with van der Waals surface area (Å²) in [5, 5.41) is 3.95. The third-order valence-corrected chi connectivity index (χ3v) is 4.28. The van der Waals surface area contributed by atoms with Gasteiger partial charge in [0.25, 0.3) is 0 Å². The summed E-state index contributed by atoms with van der Waals surface area (Å²) in [6, 6.07) is 2.43. The first-order valence-corrected chi connectivity index (χ1v) is 7.33. The highest BCUT2D eigenvalue weighted by molar-refractivity contribution is 6.39. The summed E-state index contributed by atoms with van der Waals surface area (Å²) in [5.41, 5.74) is 0.594. The van der Waals surface area contributed by atoms with Crippen LogP contribution in [-0.4, -0.2) is 48.4 Å². The molecule has 2 rings (SSSR count). The first-order chi connectivity index (χ1) is 9.81. The summed E-state index contributed by atoms with van der Waals surface area (Å²) in [6.45, 7) is 0.527. The molecule has 0 saturated carbocycles. The highest BCUT2D eigenvalue weighted by atomic mass is 35.5. The van der Waals surface area contributed by atoms with Gasteiger partial charge in [0.1, 0.15) is 6.04 Å². The van der Waals surface area contributed by atoms with Crippen molar-refractivity contribution in [1.29, 1.82) is 0 Å². The van der Waals surface area contributed by atoms with Crippen molar-refractivity contribution in [2.75, 3.05) is 20.6 Å². The zero-order valence-corrected chi connectivity index (χ0v) is 13.8. The molecule has 8 heteroatoms. The molecule has 1 heterocycles. The maximum absolute atomic E-state index is 12.2. The van der Waals surface area contributed by atoms with E-state index in [1.165, 1.54) is 9.80 Å². The Kier molecular flexibility index (Phi) is 4.86. The maximum atomic E-state index is 12.2. The smallest absolute Gasteiger partial charge is 0.320 e. The average Bonchev–Trinajstić information content (AvgIpc) is 2.65. The van der Waals surface area contributed by atoms with Crippen LogP contribution in [0.5, 0.6) is 0 Å². The zero-order valence-electron chi connectivity index (χ0n) is 11.5. The van der Waals surface area contributed by atoms with Crippen LogP contribution in [0.1, 0.15) is 5.56 Å². The molecule has 114 valence electrons. The number of carbonyl (C=O) groups is 2. The second-order valence-electron chi connectivity index (χ2n) is 4.86. The van der Waals surface area contributed by atoms with Crippen molar-refractivity contribution in [3.8, 4) is 0 Å². The monoisotopic (exact) mass is 349 g/mol. The van der Waals surface area contributed by atoms with Crippen LogP contribution in [0.3, 0.4) is 0 Å². The van der Waals surface area contributed by atoms with Crippen LogP contribution in [0.2, 0.25) is 15.1 Å². The number of hydrogen-bond donors (Lipinski definition) is 1. The van der Waals surface area contributed by atoms with Crippen molar-refractivity contribution >= 4 is 46.7 Å². The lowest BCUT2D eigenvalue weighted by Gasteiger charge is -2.17. The third kappa shape index (κ3) is 3.36. The van der Waals surface area contributed by atoms with Gasteiger partial charge in [0, 0.05) is 41.3 Å². The average molecular weight is 351 g/mol. The molecule has 0 spiro atoms. The quantitative estimate of drug-likeness (QED) is 0.911. The van der Waals surface area contributed by atoms with E-state index in [0.717, 1.165) is 0 Å². The molecule has 0 aromatic heterocycles. The molecule has 3 amide bonds. The van der Waals surface area contributed by atoms with Crippen LogP contribution in [0.4, 0.5) is 4.79 Å². The Hall–Kier alpha value is -1.17. The van der Waals surface area contributed by atoms with Gasteiger partial charge in [0.2, 0.25) is 5.91 Å². The Bertz CT molecular complexity index is 571. The molecule has 1 fully saturated rings. The van der Waals surface area contributed by atoms with E-state index in [1.807, 2.05) is 0 Å². The lowest BCUT2D eigenvalue weighted by Crippen LogP contribution is -2.43. The van der Waals surface area contributed by atoms with E-state index in [9.17, 15) is 9.59 Å². The number of carbonyl (C=O) groups excluding carboxylic acids is 2. The van der Waals surface area contributed by atoms with Crippen molar-refractivity contribution < 1.29 is 9.59 Å². The number of hydrogen-bond acceptors (Lipinski definition) is 2. The topological polar surface area (TPSA) is 52.7 Å². The molecule has 0 aliphatic carbocycles. The number of likely N-dealkylation sites (N-methyl/N-ethyl adjacent to an activating group) is 2. The van der Waals surface area contributed by atoms with Crippen LogP contribution in [0.25, 0.3) is 0 Å². The largest absolute Gasteiger partial charge is 0.350 e. The van der Waals surface area contributed by atoms with E-state index < -0.39 is 6.04 Å². The molecule has 0 unspecified atom stereocenters. The molecule has 5 nitrogen and oxygen atoms in total. The summed E-state index contributed by atoms with van der Waals surface area (Å²) >= 11 is 18.0. The predicted octanol–water partition coefficient (Wildman–Crippen LogP) is 2.63. The van der Waals surface area contributed by atoms with Crippen molar-refractivity contribution in [2.24, 2.45) is 0 Å². The van der Waals surface area contributed by atoms with Crippen LogP contribution in [-0.2, 0) is 11.3 Å². The van der Waals surface area contributed by atoms with Gasteiger partial charge in [-0.05, 0) is 12.1 Å². The van der Waals surface area contributed by atoms with Gasteiger partial charge in [0.15, 0.2) is 0 Å². The number of halogens is 3. The number of benzene rings is 1. The fourth-order valence-electron chi connectivity index (χ4n) is 2.16. The predicted molar refractivity (Wildman–Crippen MR) is 82.9 cm³/mol. The molecule has 21 heavy (non-hydrogen) atoms. The minimum absolute atomic E-state index is 0.177. The normalized spacial score (nSPS) is 18.3. The van der Waals surface area contributed by atoms with Crippen molar-refractivity contribution in [2.45, 2.75) is 12.6 Å². The Morgan fingerprint density at radius 3 is 2.33 bits per heavy atom. The second-order valence-corrected chi connectivity index (χ2v) is 6.11. The van der Waals surface area contributed by atoms with Crippen LogP contribution in [0.15, 0.2) is 12.1 Å². The van der Waals surface area contributed by atoms with Crippen molar-refractivity contribution in [3.63, 3.8) is 0 Å². The summed E-state index contributed by atoms with van der Waals surface area (Å²) in [4.78, 5) is 26.7. The van der Waals surface area contributed by atoms with E-state index in [4.69, 9.17) is 34.8 Å². The number of urea groups is 1. The molecule has 1 aromatic rings. The van der Waals surface area contributed by atoms with E-state index in [-0.39, 0.29) is 18.5 Å².